The van der Waals surface area contributed by atoms with E-state index in [1.54, 1.807) is 22.3 Å². The number of aryl methyl sites for hydroxylation is 3. The number of anilines is 1. The molecule has 0 amide bonds. The average molecular weight is 361 g/mol. The number of fused-ring (bicyclic) bond motifs is 2. The molecule has 0 saturated heterocycles. The quantitative estimate of drug-likeness (QED) is 0.594. The standard InChI is InChI=1S/C20H19N5S/c1-25-20-16(11-23-25)19(21-12-22-20)24-18(17-6-3-9-26-17)15-8-7-13-4-2-5-14(13)10-15/h3,6-12,18H,2,4-5H2,1H3,(H,21,22,24)/t18-/m0/s1. The zero-order valence-electron chi connectivity index (χ0n) is 14.5. The second-order valence-corrected chi connectivity index (χ2v) is 7.68. The van der Waals surface area contributed by atoms with Gasteiger partial charge in [-0.05, 0) is 47.4 Å². The molecule has 130 valence electrons. The highest BCUT2D eigenvalue weighted by molar-refractivity contribution is 7.10. The first-order chi connectivity index (χ1) is 12.8. The minimum Gasteiger partial charge on any atom is -0.358 e. The van der Waals surface area contributed by atoms with Crippen molar-refractivity contribution in [3.05, 3.63) is 69.8 Å². The third kappa shape index (κ3) is 2.57. The molecule has 0 saturated carbocycles. The van der Waals surface area contributed by atoms with Crippen LogP contribution in [-0.4, -0.2) is 19.7 Å². The third-order valence-electron chi connectivity index (χ3n) is 5.09. The third-order valence-corrected chi connectivity index (χ3v) is 6.03. The summed E-state index contributed by atoms with van der Waals surface area (Å²) in [5, 5.41) is 11.0. The number of rotatable bonds is 4. The van der Waals surface area contributed by atoms with E-state index in [0.29, 0.717) is 0 Å². The molecule has 0 radical (unpaired) electrons. The van der Waals surface area contributed by atoms with E-state index in [-0.39, 0.29) is 6.04 Å². The molecule has 1 atom stereocenters. The lowest BCUT2D eigenvalue weighted by Crippen LogP contribution is -2.13. The van der Waals surface area contributed by atoms with Gasteiger partial charge in [0.25, 0.3) is 0 Å². The van der Waals surface area contributed by atoms with Gasteiger partial charge in [-0.2, -0.15) is 5.10 Å². The van der Waals surface area contributed by atoms with Crippen molar-refractivity contribution in [1.82, 2.24) is 19.7 Å². The van der Waals surface area contributed by atoms with E-state index in [4.69, 9.17) is 0 Å². The molecule has 3 aromatic heterocycles. The van der Waals surface area contributed by atoms with Gasteiger partial charge in [-0.15, -0.1) is 11.3 Å². The SMILES string of the molecule is Cn1ncc2c(N[C@@H](c3ccc4c(c3)CCC4)c3cccs3)ncnc21. The van der Waals surface area contributed by atoms with Gasteiger partial charge in [-0.25, -0.2) is 9.97 Å². The van der Waals surface area contributed by atoms with Crippen LogP contribution in [0.25, 0.3) is 11.0 Å². The van der Waals surface area contributed by atoms with Gasteiger partial charge in [0, 0.05) is 11.9 Å². The average Bonchev–Trinajstić information content (AvgIpc) is 3.41. The Balaban J connectivity index is 1.59. The first kappa shape index (κ1) is 15.5. The number of aromatic nitrogens is 4. The van der Waals surface area contributed by atoms with E-state index >= 15 is 0 Å². The summed E-state index contributed by atoms with van der Waals surface area (Å²) in [6, 6.07) is 11.3. The molecular weight excluding hydrogens is 342 g/mol. The number of hydrogen-bond acceptors (Lipinski definition) is 5. The van der Waals surface area contributed by atoms with Gasteiger partial charge in [-0.3, -0.25) is 4.68 Å². The van der Waals surface area contributed by atoms with Crippen LogP contribution < -0.4 is 5.32 Å². The molecule has 6 heteroatoms. The Hall–Kier alpha value is -2.73. The van der Waals surface area contributed by atoms with Gasteiger partial charge in [0.15, 0.2) is 5.65 Å². The van der Waals surface area contributed by atoms with Crippen LogP contribution in [0.2, 0.25) is 0 Å². The van der Waals surface area contributed by atoms with E-state index in [1.807, 2.05) is 13.2 Å². The largest absolute Gasteiger partial charge is 0.358 e. The number of nitrogens with one attached hydrogen (secondary N) is 1. The lowest BCUT2D eigenvalue weighted by Gasteiger charge is -2.20. The van der Waals surface area contributed by atoms with Gasteiger partial charge < -0.3 is 5.32 Å². The fourth-order valence-electron chi connectivity index (χ4n) is 3.76. The summed E-state index contributed by atoms with van der Waals surface area (Å²) in [6.45, 7) is 0. The summed E-state index contributed by atoms with van der Waals surface area (Å²) in [6.07, 6.45) is 7.07. The zero-order valence-corrected chi connectivity index (χ0v) is 15.3. The smallest absolute Gasteiger partial charge is 0.163 e. The first-order valence-corrected chi connectivity index (χ1v) is 9.72. The molecule has 0 unspecified atom stereocenters. The minimum absolute atomic E-state index is 0.0687. The van der Waals surface area contributed by atoms with Crippen LogP contribution in [0.3, 0.4) is 0 Å². The zero-order chi connectivity index (χ0) is 17.5. The monoisotopic (exact) mass is 361 g/mol. The van der Waals surface area contributed by atoms with E-state index in [2.05, 4.69) is 56.1 Å². The van der Waals surface area contributed by atoms with Crippen LogP contribution in [0.5, 0.6) is 0 Å². The van der Waals surface area contributed by atoms with E-state index < -0.39 is 0 Å². The van der Waals surface area contributed by atoms with Crippen LogP contribution in [0.15, 0.2) is 48.2 Å². The Morgan fingerprint density at radius 3 is 2.96 bits per heavy atom. The highest BCUT2D eigenvalue weighted by Gasteiger charge is 2.20. The van der Waals surface area contributed by atoms with E-state index in [1.165, 1.54) is 40.8 Å². The van der Waals surface area contributed by atoms with Gasteiger partial charge >= 0.3 is 0 Å². The van der Waals surface area contributed by atoms with Crippen LogP contribution in [0.4, 0.5) is 5.82 Å². The van der Waals surface area contributed by atoms with E-state index in [9.17, 15) is 0 Å². The van der Waals surface area contributed by atoms with Gasteiger partial charge in [0.1, 0.15) is 12.1 Å². The summed E-state index contributed by atoms with van der Waals surface area (Å²) in [5.41, 5.74) is 5.10. The summed E-state index contributed by atoms with van der Waals surface area (Å²) in [5.74, 6) is 0.821. The first-order valence-electron chi connectivity index (χ1n) is 8.84. The molecule has 0 aliphatic heterocycles. The van der Waals surface area contributed by atoms with Crippen molar-refractivity contribution in [2.24, 2.45) is 7.05 Å². The Morgan fingerprint density at radius 2 is 2.08 bits per heavy atom. The number of benzene rings is 1. The predicted molar refractivity (Wildman–Crippen MR) is 105 cm³/mol. The van der Waals surface area contributed by atoms with Crippen molar-refractivity contribution in [2.45, 2.75) is 25.3 Å². The van der Waals surface area contributed by atoms with Gasteiger partial charge in [0.05, 0.1) is 17.6 Å². The Morgan fingerprint density at radius 1 is 1.15 bits per heavy atom. The summed E-state index contributed by atoms with van der Waals surface area (Å²) in [7, 11) is 1.90. The lowest BCUT2D eigenvalue weighted by atomic mass is 10.00. The highest BCUT2D eigenvalue weighted by atomic mass is 32.1. The van der Waals surface area contributed by atoms with Gasteiger partial charge in [0.2, 0.25) is 0 Å². The molecule has 1 aromatic carbocycles. The molecule has 4 aromatic rings. The molecule has 1 aliphatic rings. The Kier molecular flexibility index (Phi) is 3.71. The molecule has 0 spiro atoms. The molecular formula is C20H19N5S. The van der Waals surface area contributed by atoms with Crippen LogP contribution >= 0.6 is 11.3 Å². The van der Waals surface area contributed by atoms with Crippen LogP contribution in [0, 0.1) is 0 Å². The minimum atomic E-state index is 0.0687. The molecule has 0 bridgehead atoms. The van der Waals surface area contributed by atoms with Crippen molar-refractivity contribution >= 4 is 28.2 Å². The topological polar surface area (TPSA) is 55.6 Å². The molecule has 3 heterocycles. The van der Waals surface area contributed by atoms with Crippen molar-refractivity contribution in [3.63, 3.8) is 0 Å². The summed E-state index contributed by atoms with van der Waals surface area (Å²) in [4.78, 5) is 10.1. The number of hydrogen-bond donors (Lipinski definition) is 1. The molecule has 26 heavy (non-hydrogen) atoms. The number of thiophene rings is 1. The second-order valence-electron chi connectivity index (χ2n) is 6.70. The maximum absolute atomic E-state index is 4.50. The van der Waals surface area contributed by atoms with Gasteiger partial charge in [-0.1, -0.05) is 24.3 Å². The fraction of sp³-hybridized carbons (Fsp3) is 0.250. The van der Waals surface area contributed by atoms with Crippen molar-refractivity contribution < 1.29 is 0 Å². The van der Waals surface area contributed by atoms with Crippen molar-refractivity contribution in [3.8, 4) is 0 Å². The van der Waals surface area contributed by atoms with E-state index in [0.717, 1.165) is 16.9 Å². The van der Waals surface area contributed by atoms with Crippen LogP contribution in [-0.2, 0) is 19.9 Å². The normalized spacial score (nSPS) is 14.5. The number of nitrogens with zero attached hydrogens (tertiary/aromatic N) is 4. The van der Waals surface area contributed by atoms with Crippen LogP contribution in [0.1, 0.15) is 34.0 Å². The molecule has 1 aliphatic carbocycles. The highest BCUT2D eigenvalue weighted by Crippen LogP contribution is 2.33. The predicted octanol–water partition coefficient (Wildman–Crippen LogP) is 4.12. The summed E-state index contributed by atoms with van der Waals surface area (Å²) < 4.78 is 1.78. The van der Waals surface area contributed by atoms with Crippen molar-refractivity contribution in [1.29, 1.82) is 0 Å². The maximum atomic E-state index is 4.50. The molecule has 5 rings (SSSR count). The Bertz CT molecular complexity index is 1070. The fourth-order valence-corrected chi connectivity index (χ4v) is 4.56. The molecule has 1 N–H and O–H groups in total. The Labute approximate surface area is 155 Å². The van der Waals surface area contributed by atoms with Crippen molar-refractivity contribution in [2.75, 3.05) is 5.32 Å². The lowest BCUT2D eigenvalue weighted by molar-refractivity contribution is 0.785. The second kappa shape index (κ2) is 6.21. The maximum Gasteiger partial charge on any atom is 0.163 e. The summed E-state index contributed by atoms with van der Waals surface area (Å²) >= 11 is 1.76. The molecule has 5 nitrogen and oxygen atoms in total. The molecule has 0 fully saturated rings.